The van der Waals surface area contributed by atoms with E-state index in [1.165, 1.54) is 6.42 Å². The Hall–Kier alpha value is -1.16. The van der Waals surface area contributed by atoms with Crippen LogP contribution in [0.5, 0.6) is 0 Å². The van der Waals surface area contributed by atoms with Gasteiger partial charge in [0.05, 0.1) is 5.92 Å². The third-order valence-electron chi connectivity index (χ3n) is 4.70. The van der Waals surface area contributed by atoms with Gasteiger partial charge in [-0.05, 0) is 36.0 Å². The summed E-state index contributed by atoms with van der Waals surface area (Å²) in [5.41, 5.74) is 0.867. The lowest BCUT2D eigenvalue weighted by Crippen LogP contribution is -2.51. The van der Waals surface area contributed by atoms with E-state index < -0.39 is 0 Å². The van der Waals surface area contributed by atoms with E-state index in [0.29, 0.717) is 6.42 Å². The van der Waals surface area contributed by atoms with Crippen LogP contribution in [0.3, 0.4) is 0 Å². The highest BCUT2D eigenvalue weighted by molar-refractivity contribution is 9.10. The van der Waals surface area contributed by atoms with Crippen LogP contribution in [-0.4, -0.2) is 11.8 Å². The SMILES string of the molecule is O=C1CC2(CCCCC2)C(c2ccc(Br)cc2)C(=O)N1. The highest BCUT2D eigenvalue weighted by Gasteiger charge is 2.49. The summed E-state index contributed by atoms with van der Waals surface area (Å²) in [5.74, 6) is -0.413. The van der Waals surface area contributed by atoms with Crippen molar-refractivity contribution in [1.82, 2.24) is 5.32 Å². The van der Waals surface area contributed by atoms with Crippen molar-refractivity contribution in [2.24, 2.45) is 5.41 Å². The Balaban J connectivity index is 2.01. The zero-order valence-electron chi connectivity index (χ0n) is 11.3. The van der Waals surface area contributed by atoms with Gasteiger partial charge in [-0.2, -0.15) is 0 Å². The molecular formula is C16H18BrNO2. The molecule has 0 aromatic heterocycles. The molecule has 3 nitrogen and oxygen atoms in total. The summed E-state index contributed by atoms with van der Waals surface area (Å²) >= 11 is 3.43. The minimum absolute atomic E-state index is 0.106. The number of carbonyl (C=O) groups excluding carboxylic acids is 2. The van der Waals surface area contributed by atoms with Crippen LogP contribution < -0.4 is 5.32 Å². The van der Waals surface area contributed by atoms with E-state index in [4.69, 9.17) is 0 Å². The highest BCUT2D eigenvalue weighted by Crippen LogP contribution is 2.51. The third kappa shape index (κ3) is 2.41. The average Bonchev–Trinajstić information content (AvgIpc) is 2.41. The van der Waals surface area contributed by atoms with Crippen molar-refractivity contribution < 1.29 is 9.59 Å². The predicted molar refractivity (Wildman–Crippen MR) is 80.2 cm³/mol. The molecule has 1 N–H and O–H groups in total. The molecule has 0 radical (unpaired) electrons. The maximum atomic E-state index is 12.4. The van der Waals surface area contributed by atoms with E-state index in [2.05, 4.69) is 21.2 Å². The molecule has 4 heteroatoms. The molecule has 1 unspecified atom stereocenters. The van der Waals surface area contributed by atoms with Crippen LogP contribution in [0.15, 0.2) is 28.7 Å². The van der Waals surface area contributed by atoms with Crippen LogP contribution in [0.25, 0.3) is 0 Å². The smallest absolute Gasteiger partial charge is 0.234 e. The quantitative estimate of drug-likeness (QED) is 0.798. The van der Waals surface area contributed by atoms with Gasteiger partial charge >= 0.3 is 0 Å². The fourth-order valence-electron chi connectivity index (χ4n) is 3.84. The van der Waals surface area contributed by atoms with Crippen molar-refractivity contribution >= 4 is 27.7 Å². The number of amides is 2. The Kier molecular flexibility index (Phi) is 3.67. The Morgan fingerprint density at radius 1 is 1.05 bits per heavy atom. The van der Waals surface area contributed by atoms with Gasteiger partial charge in [-0.15, -0.1) is 0 Å². The summed E-state index contributed by atoms with van der Waals surface area (Å²) < 4.78 is 1.01. The summed E-state index contributed by atoms with van der Waals surface area (Å²) in [4.78, 5) is 24.3. The van der Waals surface area contributed by atoms with E-state index in [1.807, 2.05) is 24.3 Å². The maximum Gasteiger partial charge on any atom is 0.234 e. The van der Waals surface area contributed by atoms with Crippen LogP contribution in [0.1, 0.15) is 50.0 Å². The number of carbonyl (C=O) groups is 2. The summed E-state index contributed by atoms with van der Waals surface area (Å²) in [7, 11) is 0. The molecular weight excluding hydrogens is 318 g/mol. The van der Waals surface area contributed by atoms with Crippen molar-refractivity contribution in [1.29, 1.82) is 0 Å². The zero-order chi connectivity index (χ0) is 14.2. The summed E-state index contributed by atoms with van der Waals surface area (Å²) in [6, 6.07) is 7.94. The van der Waals surface area contributed by atoms with Crippen molar-refractivity contribution in [2.75, 3.05) is 0 Å². The van der Waals surface area contributed by atoms with Gasteiger partial charge in [0.1, 0.15) is 0 Å². The summed E-state index contributed by atoms with van der Waals surface area (Å²) in [6.45, 7) is 0. The minimum atomic E-state index is -0.186. The first-order valence-corrected chi connectivity index (χ1v) is 7.99. The summed E-state index contributed by atoms with van der Waals surface area (Å²) in [6.07, 6.45) is 5.89. The number of benzene rings is 1. The number of imide groups is 1. The second kappa shape index (κ2) is 5.32. The van der Waals surface area contributed by atoms with Gasteiger partial charge in [0.2, 0.25) is 11.8 Å². The van der Waals surface area contributed by atoms with Crippen molar-refractivity contribution in [3.05, 3.63) is 34.3 Å². The second-order valence-corrected chi connectivity index (χ2v) is 6.91. The van der Waals surface area contributed by atoms with Crippen molar-refractivity contribution in [3.63, 3.8) is 0 Å². The molecule has 2 amide bonds. The Bertz CT molecular complexity index is 532. The van der Waals surface area contributed by atoms with Crippen LogP contribution in [0, 0.1) is 5.41 Å². The molecule has 1 aliphatic carbocycles. The van der Waals surface area contributed by atoms with Crippen molar-refractivity contribution in [2.45, 2.75) is 44.4 Å². The normalized spacial score (nSPS) is 25.6. The molecule has 1 saturated carbocycles. The largest absolute Gasteiger partial charge is 0.296 e. The molecule has 1 spiro atoms. The van der Waals surface area contributed by atoms with E-state index in [0.717, 1.165) is 35.7 Å². The molecule has 2 aliphatic rings. The second-order valence-electron chi connectivity index (χ2n) is 6.00. The lowest BCUT2D eigenvalue weighted by Gasteiger charge is -2.45. The van der Waals surface area contributed by atoms with Crippen LogP contribution in [0.2, 0.25) is 0 Å². The number of piperidine rings is 1. The standard InChI is InChI=1S/C16H18BrNO2/c17-12-6-4-11(5-7-12)14-15(20)18-13(19)10-16(14)8-2-1-3-9-16/h4-7,14H,1-3,8-10H2,(H,18,19,20). The van der Waals surface area contributed by atoms with Crippen LogP contribution in [-0.2, 0) is 9.59 Å². The average molecular weight is 336 g/mol. The van der Waals surface area contributed by atoms with E-state index in [-0.39, 0.29) is 23.1 Å². The first-order chi connectivity index (χ1) is 9.61. The van der Waals surface area contributed by atoms with Gasteiger partial charge in [-0.1, -0.05) is 47.3 Å². The molecule has 1 saturated heterocycles. The molecule has 2 fully saturated rings. The van der Waals surface area contributed by atoms with Crippen LogP contribution >= 0.6 is 15.9 Å². The van der Waals surface area contributed by atoms with Gasteiger partial charge in [0, 0.05) is 10.9 Å². The van der Waals surface area contributed by atoms with Crippen LogP contribution in [0.4, 0.5) is 0 Å². The van der Waals surface area contributed by atoms with E-state index in [9.17, 15) is 9.59 Å². The molecule has 20 heavy (non-hydrogen) atoms. The lowest BCUT2D eigenvalue weighted by molar-refractivity contribution is -0.141. The Labute approximate surface area is 127 Å². The third-order valence-corrected chi connectivity index (χ3v) is 5.23. The fraction of sp³-hybridized carbons (Fsp3) is 0.500. The molecule has 106 valence electrons. The number of rotatable bonds is 1. The van der Waals surface area contributed by atoms with Crippen molar-refractivity contribution in [3.8, 4) is 0 Å². The van der Waals surface area contributed by atoms with E-state index >= 15 is 0 Å². The molecule has 0 bridgehead atoms. The van der Waals surface area contributed by atoms with Gasteiger partial charge < -0.3 is 0 Å². The highest BCUT2D eigenvalue weighted by atomic mass is 79.9. The molecule has 1 aromatic carbocycles. The first kappa shape index (κ1) is 13.8. The minimum Gasteiger partial charge on any atom is -0.296 e. The number of halogens is 1. The monoisotopic (exact) mass is 335 g/mol. The van der Waals surface area contributed by atoms with Gasteiger partial charge in [0.25, 0.3) is 0 Å². The van der Waals surface area contributed by atoms with Gasteiger partial charge in [-0.3, -0.25) is 14.9 Å². The lowest BCUT2D eigenvalue weighted by atomic mass is 9.60. The number of hydrogen-bond acceptors (Lipinski definition) is 2. The molecule has 1 aromatic rings. The predicted octanol–water partition coefficient (Wildman–Crippen LogP) is 3.53. The molecule has 1 heterocycles. The summed E-state index contributed by atoms with van der Waals surface area (Å²) in [5, 5.41) is 2.52. The number of nitrogens with one attached hydrogen (secondary N) is 1. The van der Waals surface area contributed by atoms with Gasteiger partial charge in [0.15, 0.2) is 0 Å². The van der Waals surface area contributed by atoms with Gasteiger partial charge in [-0.25, -0.2) is 0 Å². The number of hydrogen-bond donors (Lipinski definition) is 1. The molecule has 3 rings (SSSR count). The topological polar surface area (TPSA) is 46.2 Å². The van der Waals surface area contributed by atoms with E-state index in [1.54, 1.807) is 0 Å². The Morgan fingerprint density at radius 2 is 1.70 bits per heavy atom. The Morgan fingerprint density at radius 3 is 2.35 bits per heavy atom. The molecule has 1 aliphatic heterocycles. The fourth-order valence-corrected chi connectivity index (χ4v) is 4.10. The molecule has 1 atom stereocenters. The zero-order valence-corrected chi connectivity index (χ0v) is 12.9. The first-order valence-electron chi connectivity index (χ1n) is 7.20. The maximum absolute atomic E-state index is 12.4.